The predicted molar refractivity (Wildman–Crippen MR) is 131 cm³/mol. The lowest BCUT2D eigenvalue weighted by Crippen LogP contribution is -2.32. The van der Waals surface area contributed by atoms with Crippen molar-refractivity contribution in [1.82, 2.24) is 19.9 Å². The molecule has 0 bridgehead atoms. The number of aryl methyl sites for hydroxylation is 1. The maximum absolute atomic E-state index is 11.6. The van der Waals surface area contributed by atoms with Crippen LogP contribution >= 0.6 is 11.3 Å². The van der Waals surface area contributed by atoms with Crippen LogP contribution in [0.5, 0.6) is 11.5 Å². The fraction of sp³-hybridized carbons (Fsp3) is 0.250. The Labute approximate surface area is 201 Å². The summed E-state index contributed by atoms with van der Waals surface area (Å²) in [5.74, 6) is 1.64. The summed E-state index contributed by atoms with van der Waals surface area (Å²) in [4.78, 5) is 26.0. The number of aromatic nitrogens is 3. The molecular formula is C24H25N5O4S. The standard InChI is InChI=1S/C24H25N5O4S/c1-16-10-17(6-7-20(16)33-12-18-13-34-15-27-18)28-24-23-19(25-14-26-24)4-3-5-21(23)32-9-8-29(2)22(31)11-30/h3-7,10,13-15,30H,8-9,11-12H2,1-2H3,(H,25,26,28). The molecule has 34 heavy (non-hydrogen) atoms. The summed E-state index contributed by atoms with van der Waals surface area (Å²) >= 11 is 1.54. The van der Waals surface area contributed by atoms with Gasteiger partial charge < -0.3 is 24.8 Å². The maximum Gasteiger partial charge on any atom is 0.248 e. The van der Waals surface area contributed by atoms with E-state index in [0.717, 1.165) is 33.6 Å². The molecular weight excluding hydrogens is 454 g/mol. The monoisotopic (exact) mass is 479 g/mol. The number of nitrogens with zero attached hydrogens (tertiary/aromatic N) is 4. The molecule has 10 heteroatoms. The third-order valence-electron chi connectivity index (χ3n) is 5.17. The Kier molecular flexibility index (Phi) is 7.51. The summed E-state index contributed by atoms with van der Waals surface area (Å²) in [6, 6.07) is 11.4. The Morgan fingerprint density at radius 2 is 2.03 bits per heavy atom. The number of aliphatic hydroxyl groups excluding tert-OH is 1. The fourth-order valence-electron chi connectivity index (χ4n) is 3.32. The third kappa shape index (κ3) is 5.59. The van der Waals surface area contributed by atoms with Gasteiger partial charge in [0.15, 0.2) is 0 Å². The number of hydrogen-bond donors (Lipinski definition) is 2. The van der Waals surface area contributed by atoms with Crippen LogP contribution in [0.1, 0.15) is 11.3 Å². The first-order valence-electron chi connectivity index (χ1n) is 10.6. The Bertz CT molecular complexity index is 1260. The fourth-order valence-corrected chi connectivity index (χ4v) is 3.86. The minimum absolute atomic E-state index is 0.264. The Morgan fingerprint density at radius 1 is 1.15 bits per heavy atom. The van der Waals surface area contributed by atoms with Crippen LogP contribution in [0.4, 0.5) is 11.5 Å². The second kappa shape index (κ2) is 10.9. The lowest BCUT2D eigenvalue weighted by atomic mass is 10.1. The van der Waals surface area contributed by atoms with Gasteiger partial charge in [-0.05, 0) is 42.8 Å². The van der Waals surface area contributed by atoms with E-state index >= 15 is 0 Å². The van der Waals surface area contributed by atoms with E-state index in [1.807, 2.05) is 48.7 Å². The van der Waals surface area contributed by atoms with Crippen molar-refractivity contribution in [3.63, 3.8) is 0 Å². The molecule has 4 rings (SSSR count). The van der Waals surface area contributed by atoms with Gasteiger partial charge in [-0.15, -0.1) is 11.3 Å². The van der Waals surface area contributed by atoms with Gasteiger partial charge in [0.2, 0.25) is 5.91 Å². The first-order chi connectivity index (χ1) is 16.5. The van der Waals surface area contributed by atoms with Gasteiger partial charge in [0.25, 0.3) is 0 Å². The number of ether oxygens (including phenoxy) is 2. The number of anilines is 2. The van der Waals surface area contributed by atoms with E-state index < -0.39 is 6.61 Å². The number of aliphatic hydroxyl groups is 1. The minimum Gasteiger partial charge on any atom is -0.491 e. The van der Waals surface area contributed by atoms with Crippen molar-refractivity contribution < 1.29 is 19.4 Å². The van der Waals surface area contributed by atoms with Gasteiger partial charge in [-0.1, -0.05) is 6.07 Å². The van der Waals surface area contributed by atoms with Gasteiger partial charge in [-0.25, -0.2) is 15.0 Å². The summed E-state index contributed by atoms with van der Waals surface area (Å²) in [7, 11) is 1.62. The highest BCUT2D eigenvalue weighted by Gasteiger charge is 2.13. The number of thiazole rings is 1. The van der Waals surface area contributed by atoms with Crippen LogP contribution in [0.2, 0.25) is 0 Å². The van der Waals surface area contributed by atoms with Gasteiger partial charge in [0.1, 0.15) is 43.5 Å². The minimum atomic E-state index is -0.527. The van der Waals surface area contributed by atoms with E-state index in [1.165, 1.54) is 11.2 Å². The Morgan fingerprint density at radius 3 is 2.79 bits per heavy atom. The highest BCUT2D eigenvalue weighted by Crippen LogP contribution is 2.32. The summed E-state index contributed by atoms with van der Waals surface area (Å²) < 4.78 is 11.8. The number of carbonyl (C=O) groups is 1. The topological polar surface area (TPSA) is 110 Å². The highest BCUT2D eigenvalue weighted by molar-refractivity contribution is 7.07. The van der Waals surface area contributed by atoms with Crippen molar-refractivity contribution in [3.05, 3.63) is 64.9 Å². The molecule has 0 unspecified atom stereocenters. The molecule has 0 fully saturated rings. The largest absolute Gasteiger partial charge is 0.491 e. The number of rotatable bonds is 10. The maximum atomic E-state index is 11.6. The molecule has 0 radical (unpaired) electrons. The summed E-state index contributed by atoms with van der Waals surface area (Å²) in [6.07, 6.45) is 1.50. The normalized spacial score (nSPS) is 10.8. The molecule has 176 valence electrons. The van der Waals surface area contributed by atoms with Crippen LogP contribution in [0.25, 0.3) is 10.9 Å². The van der Waals surface area contributed by atoms with Gasteiger partial charge in [-0.3, -0.25) is 4.79 Å². The molecule has 0 aliphatic rings. The van der Waals surface area contributed by atoms with E-state index in [4.69, 9.17) is 14.6 Å². The van der Waals surface area contributed by atoms with Crippen LogP contribution in [-0.2, 0) is 11.4 Å². The van der Waals surface area contributed by atoms with Crippen molar-refractivity contribution in [3.8, 4) is 11.5 Å². The summed E-state index contributed by atoms with van der Waals surface area (Å²) in [5.41, 5.74) is 5.25. The lowest BCUT2D eigenvalue weighted by Gasteiger charge is -2.17. The highest BCUT2D eigenvalue weighted by atomic mass is 32.1. The van der Waals surface area contributed by atoms with Gasteiger partial charge in [0.05, 0.1) is 28.7 Å². The molecule has 0 aliphatic heterocycles. The van der Waals surface area contributed by atoms with E-state index in [0.29, 0.717) is 24.7 Å². The molecule has 2 aromatic carbocycles. The zero-order valence-electron chi connectivity index (χ0n) is 18.9. The third-order valence-corrected chi connectivity index (χ3v) is 5.80. The summed E-state index contributed by atoms with van der Waals surface area (Å²) in [5, 5.41) is 15.0. The summed E-state index contributed by atoms with van der Waals surface area (Å²) in [6.45, 7) is 2.49. The number of likely N-dealkylation sites (N-methyl/N-ethyl adjacent to an activating group) is 1. The lowest BCUT2D eigenvalue weighted by molar-refractivity contribution is -0.133. The van der Waals surface area contributed by atoms with Crippen LogP contribution in [0, 0.1) is 6.92 Å². The van der Waals surface area contributed by atoms with Crippen molar-refractivity contribution in [2.45, 2.75) is 13.5 Å². The SMILES string of the molecule is Cc1cc(Nc2ncnc3cccc(OCCN(C)C(=O)CO)c23)ccc1OCc1cscn1. The molecule has 9 nitrogen and oxygen atoms in total. The number of nitrogens with one attached hydrogen (secondary N) is 1. The van der Waals surface area contributed by atoms with Crippen molar-refractivity contribution in [2.75, 3.05) is 32.1 Å². The molecule has 2 heterocycles. The first kappa shape index (κ1) is 23.4. The molecule has 0 atom stereocenters. The van der Waals surface area contributed by atoms with Gasteiger partial charge in [-0.2, -0.15) is 0 Å². The first-order valence-corrected chi connectivity index (χ1v) is 11.6. The number of amides is 1. The molecule has 0 saturated heterocycles. The average Bonchev–Trinajstić information content (AvgIpc) is 3.37. The molecule has 2 N–H and O–H groups in total. The van der Waals surface area contributed by atoms with Crippen molar-refractivity contribution in [1.29, 1.82) is 0 Å². The predicted octanol–water partition coefficient (Wildman–Crippen LogP) is 3.55. The smallest absolute Gasteiger partial charge is 0.248 e. The Hall–Kier alpha value is -3.76. The second-order valence-corrected chi connectivity index (χ2v) is 8.29. The van der Waals surface area contributed by atoms with E-state index in [-0.39, 0.29) is 12.5 Å². The van der Waals surface area contributed by atoms with E-state index in [2.05, 4.69) is 20.3 Å². The molecule has 0 spiro atoms. The van der Waals surface area contributed by atoms with Crippen molar-refractivity contribution in [2.24, 2.45) is 0 Å². The quantitative estimate of drug-likeness (QED) is 0.355. The van der Waals surface area contributed by atoms with Crippen LogP contribution in [-0.4, -0.2) is 57.7 Å². The van der Waals surface area contributed by atoms with Crippen LogP contribution in [0.3, 0.4) is 0 Å². The molecule has 0 aliphatic carbocycles. The van der Waals surface area contributed by atoms with Gasteiger partial charge in [0, 0.05) is 18.1 Å². The molecule has 1 amide bonds. The molecule has 2 aromatic heterocycles. The average molecular weight is 480 g/mol. The molecule has 0 saturated carbocycles. The zero-order valence-corrected chi connectivity index (χ0v) is 19.7. The number of carbonyl (C=O) groups excluding carboxylic acids is 1. The zero-order chi connectivity index (χ0) is 23.9. The number of fused-ring (bicyclic) bond motifs is 1. The van der Waals surface area contributed by atoms with E-state index in [9.17, 15) is 4.79 Å². The number of benzene rings is 2. The van der Waals surface area contributed by atoms with E-state index in [1.54, 1.807) is 23.9 Å². The number of hydrogen-bond acceptors (Lipinski definition) is 9. The second-order valence-electron chi connectivity index (χ2n) is 7.57. The van der Waals surface area contributed by atoms with Crippen LogP contribution < -0.4 is 14.8 Å². The van der Waals surface area contributed by atoms with Gasteiger partial charge >= 0.3 is 0 Å². The Balaban J connectivity index is 1.50. The molecule has 4 aromatic rings. The van der Waals surface area contributed by atoms with Crippen molar-refractivity contribution >= 4 is 39.7 Å². The van der Waals surface area contributed by atoms with Crippen LogP contribution in [0.15, 0.2) is 53.6 Å².